The van der Waals surface area contributed by atoms with Crippen molar-refractivity contribution in [3.8, 4) is 0 Å². The van der Waals surface area contributed by atoms with Crippen LogP contribution in [0.1, 0.15) is 10.4 Å². The third kappa shape index (κ3) is 2.84. The van der Waals surface area contributed by atoms with Crippen LogP contribution in [-0.4, -0.2) is 5.91 Å². The zero-order valence-electron chi connectivity index (χ0n) is 6.38. The van der Waals surface area contributed by atoms with Crippen LogP contribution in [0.2, 0.25) is 5.02 Å². The average Bonchev–Trinajstić information content (AvgIpc) is 2.08. The van der Waals surface area contributed by atoms with E-state index in [0.29, 0.717) is 0 Å². The summed E-state index contributed by atoms with van der Waals surface area (Å²) in [6, 6.07) is 3.66. The molecule has 1 amide bonds. The topological polar surface area (TPSA) is 55.1 Å². The number of hydrazine groups is 1. The summed E-state index contributed by atoms with van der Waals surface area (Å²) in [5, 5.41) is 0.287. The van der Waals surface area contributed by atoms with Crippen LogP contribution in [0.25, 0.3) is 0 Å². The largest absolute Gasteiger partial charge is 0.290 e. The Morgan fingerprint density at radius 3 is 2.69 bits per heavy atom. The number of rotatable bonds is 1. The number of hydrogen-bond acceptors (Lipinski definition) is 2. The Morgan fingerprint density at radius 2 is 2.15 bits per heavy atom. The molecule has 0 aliphatic carbocycles. The average molecular weight is 225 g/mol. The lowest BCUT2D eigenvalue weighted by molar-refractivity contribution is 0.0949. The minimum atomic E-state index is -0.699. The standard InChI is InChI=1S/C7H6ClFN2O.ClH/c8-4-1-2-6(9)5(3-4)7(12)11-10;/h1-3H,10H2,(H,11,12);1H. The van der Waals surface area contributed by atoms with Crippen molar-refractivity contribution in [2.45, 2.75) is 0 Å². The van der Waals surface area contributed by atoms with Gasteiger partial charge in [0.15, 0.2) is 0 Å². The smallest absolute Gasteiger partial charge is 0.268 e. The van der Waals surface area contributed by atoms with Crippen LogP contribution in [0.15, 0.2) is 18.2 Å². The summed E-state index contributed by atoms with van der Waals surface area (Å²) < 4.78 is 12.8. The second-order valence-corrected chi connectivity index (χ2v) is 2.53. The third-order valence-corrected chi connectivity index (χ3v) is 1.54. The summed E-state index contributed by atoms with van der Waals surface area (Å²) in [7, 11) is 0. The van der Waals surface area contributed by atoms with Gasteiger partial charge in [-0.2, -0.15) is 0 Å². The fourth-order valence-electron chi connectivity index (χ4n) is 0.749. The molecule has 1 aromatic rings. The van der Waals surface area contributed by atoms with E-state index in [2.05, 4.69) is 0 Å². The maximum absolute atomic E-state index is 12.8. The van der Waals surface area contributed by atoms with Gasteiger partial charge in [0.05, 0.1) is 5.56 Å². The molecule has 0 aliphatic heterocycles. The number of benzene rings is 1. The SMILES string of the molecule is Cl.NNC(=O)c1cc(Cl)ccc1F. The highest BCUT2D eigenvalue weighted by Crippen LogP contribution is 2.14. The van der Waals surface area contributed by atoms with E-state index in [1.54, 1.807) is 0 Å². The second-order valence-electron chi connectivity index (χ2n) is 2.10. The van der Waals surface area contributed by atoms with Crippen molar-refractivity contribution in [2.75, 3.05) is 0 Å². The van der Waals surface area contributed by atoms with Gasteiger partial charge < -0.3 is 0 Å². The molecule has 0 aromatic heterocycles. The molecule has 0 unspecified atom stereocenters. The zero-order chi connectivity index (χ0) is 9.14. The summed E-state index contributed by atoms with van der Waals surface area (Å²) >= 11 is 5.53. The molecule has 0 bridgehead atoms. The molecule has 0 saturated heterocycles. The van der Waals surface area contributed by atoms with E-state index in [4.69, 9.17) is 17.4 Å². The minimum absolute atomic E-state index is 0. The van der Waals surface area contributed by atoms with E-state index in [1.165, 1.54) is 12.1 Å². The Bertz CT molecular complexity index is 319. The molecule has 13 heavy (non-hydrogen) atoms. The van der Waals surface area contributed by atoms with Crippen LogP contribution in [0.3, 0.4) is 0 Å². The van der Waals surface area contributed by atoms with Gasteiger partial charge in [0, 0.05) is 5.02 Å². The summed E-state index contributed by atoms with van der Waals surface area (Å²) in [4.78, 5) is 10.9. The van der Waals surface area contributed by atoms with E-state index in [9.17, 15) is 9.18 Å². The maximum Gasteiger partial charge on any atom is 0.268 e. The highest BCUT2D eigenvalue weighted by molar-refractivity contribution is 6.30. The first-order valence-electron chi connectivity index (χ1n) is 3.11. The minimum Gasteiger partial charge on any atom is -0.290 e. The molecule has 0 fully saturated rings. The summed E-state index contributed by atoms with van der Waals surface area (Å²) in [5.41, 5.74) is 1.65. The van der Waals surface area contributed by atoms with Crippen molar-refractivity contribution in [3.63, 3.8) is 0 Å². The maximum atomic E-state index is 12.8. The van der Waals surface area contributed by atoms with E-state index < -0.39 is 11.7 Å². The molecule has 0 spiro atoms. The lowest BCUT2D eigenvalue weighted by atomic mass is 10.2. The number of nitrogens with two attached hydrogens (primary N) is 1. The van der Waals surface area contributed by atoms with Crippen LogP contribution in [0, 0.1) is 5.82 Å². The molecule has 0 saturated carbocycles. The molecule has 3 N–H and O–H groups in total. The lowest BCUT2D eigenvalue weighted by Crippen LogP contribution is -2.30. The molecular formula is C7H7Cl2FN2O. The van der Waals surface area contributed by atoms with Gasteiger partial charge >= 0.3 is 0 Å². The first-order chi connectivity index (χ1) is 5.65. The fourth-order valence-corrected chi connectivity index (χ4v) is 0.921. The van der Waals surface area contributed by atoms with Gasteiger partial charge in [-0.3, -0.25) is 10.2 Å². The first kappa shape index (κ1) is 12.2. The monoisotopic (exact) mass is 224 g/mol. The van der Waals surface area contributed by atoms with Gasteiger partial charge in [0.2, 0.25) is 0 Å². The van der Waals surface area contributed by atoms with Crippen molar-refractivity contribution in [1.29, 1.82) is 0 Å². The van der Waals surface area contributed by atoms with Gasteiger partial charge in [-0.05, 0) is 18.2 Å². The molecule has 1 aromatic carbocycles. The van der Waals surface area contributed by atoms with Gasteiger partial charge in [-0.25, -0.2) is 10.2 Å². The second kappa shape index (κ2) is 5.01. The number of hydrogen-bond donors (Lipinski definition) is 2. The Labute approximate surface area is 85.4 Å². The number of nitrogen functional groups attached to an aromatic ring is 1. The van der Waals surface area contributed by atoms with Crippen LogP contribution < -0.4 is 11.3 Å². The van der Waals surface area contributed by atoms with Crippen molar-refractivity contribution < 1.29 is 9.18 Å². The predicted octanol–water partition coefficient (Wildman–Crippen LogP) is 1.50. The Morgan fingerprint density at radius 1 is 1.54 bits per heavy atom. The van der Waals surface area contributed by atoms with E-state index in [-0.39, 0.29) is 23.0 Å². The predicted molar refractivity (Wildman–Crippen MR) is 50.3 cm³/mol. The lowest BCUT2D eigenvalue weighted by Gasteiger charge is -2.00. The van der Waals surface area contributed by atoms with Crippen molar-refractivity contribution in [2.24, 2.45) is 5.84 Å². The Balaban J connectivity index is 0.00000144. The Hall–Kier alpha value is -0.840. The molecule has 0 atom stereocenters. The third-order valence-electron chi connectivity index (χ3n) is 1.30. The zero-order valence-corrected chi connectivity index (χ0v) is 7.95. The summed E-state index contributed by atoms with van der Waals surface area (Å²) in [5.74, 6) is 3.46. The van der Waals surface area contributed by atoms with Crippen LogP contribution in [0.5, 0.6) is 0 Å². The quantitative estimate of drug-likeness (QED) is 0.432. The first-order valence-corrected chi connectivity index (χ1v) is 3.49. The molecule has 1 rings (SSSR count). The normalized spacial score (nSPS) is 8.85. The van der Waals surface area contributed by atoms with Crippen molar-refractivity contribution in [1.82, 2.24) is 5.43 Å². The van der Waals surface area contributed by atoms with Crippen LogP contribution in [0.4, 0.5) is 4.39 Å². The fraction of sp³-hybridized carbons (Fsp3) is 0. The summed E-state index contributed by atoms with van der Waals surface area (Å²) in [6.07, 6.45) is 0. The number of amides is 1. The van der Waals surface area contributed by atoms with Gasteiger partial charge in [0.1, 0.15) is 5.82 Å². The van der Waals surface area contributed by atoms with Crippen LogP contribution >= 0.6 is 24.0 Å². The highest BCUT2D eigenvalue weighted by Gasteiger charge is 2.09. The van der Waals surface area contributed by atoms with Gasteiger partial charge in [0.25, 0.3) is 5.91 Å². The van der Waals surface area contributed by atoms with Gasteiger partial charge in [-0.15, -0.1) is 12.4 Å². The molecule has 0 aliphatic rings. The molecular weight excluding hydrogens is 218 g/mol. The van der Waals surface area contributed by atoms with E-state index >= 15 is 0 Å². The highest BCUT2D eigenvalue weighted by atomic mass is 35.5. The van der Waals surface area contributed by atoms with Crippen molar-refractivity contribution in [3.05, 3.63) is 34.6 Å². The summed E-state index contributed by atoms with van der Waals surface area (Å²) in [6.45, 7) is 0. The molecule has 72 valence electrons. The van der Waals surface area contributed by atoms with Crippen LogP contribution in [-0.2, 0) is 0 Å². The number of carbonyl (C=O) groups is 1. The molecule has 0 radical (unpaired) electrons. The number of halogens is 3. The molecule has 3 nitrogen and oxygen atoms in total. The van der Waals surface area contributed by atoms with E-state index in [1.807, 2.05) is 5.43 Å². The molecule has 0 heterocycles. The number of carbonyl (C=O) groups excluding carboxylic acids is 1. The number of nitrogens with one attached hydrogen (secondary N) is 1. The van der Waals surface area contributed by atoms with E-state index in [0.717, 1.165) is 6.07 Å². The Kier molecular flexibility index (Phi) is 4.69. The van der Waals surface area contributed by atoms with Crippen molar-refractivity contribution >= 4 is 29.9 Å². The van der Waals surface area contributed by atoms with Gasteiger partial charge in [-0.1, -0.05) is 11.6 Å². The molecule has 6 heteroatoms.